The van der Waals surface area contributed by atoms with Crippen LogP contribution in [0.3, 0.4) is 0 Å². The van der Waals surface area contributed by atoms with Gasteiger partial charge >= 0.3 is 17.9 Å². The van der Waals surface area contributed by atoms with Gasteiger partial charge in [0.15, 0.2) is 6.10 Å². The zero-order valence-corrected chi connectivity index (χ0v) is 46.1. The first-order valence-corrected chi connectivity index (χ1v) is 30.1. The van der Waals surface area contributed by atoms with Gasteiger partial charge in [-0.25, -0.2) is 0 Å². The van der Waals surface area contributed by atoms with Gasteiger partial charge in [0.2, 0.25) is 0 Å². The van der Waals surface area contributed by atoms with Gasteiger partial charge < -0.3 is 14.2 Å². The van der Waals surface area contributed by atoms with Crippen molar-refractivity contribution in [3.05, 3.63) is 48.6 Å². The van der Waals surface area contributed by atoms with Crippen LogP contribution in [-0.2, 0) is 28.6 Å². The predicted octanol–water partition coefficient (Wildman–Crippen LogP) is 20.2. The molecule has 1 atom stereocenters. The van der Waals surface area contributed by atoms with E-state index in [0.717, 1.165) is 89.9 Å². The maximum Gasteiger partial charge on any atom is 0.306 e. The molecule has 6 heteroatoms. The van der Waals surface area contributed by atoms with Gasteiger partial charge in [0.05, 0.1) is 0 Å². The Kier molecular flexibility index (Phi) is 55.7. The standard InChI is InChI=1S/C63H114O6/c1-4-7-10-13-15-17-19-21-23-25-27-28-29-30-31-32-33-34-36-37-39-41-43-45-47-50-53-56-62(65)68-59-60(58-67-61(64)55-52-49-12-9-6-3)69-63(66)57-54-51-48-46-44-42-40-38-35-26-24-22-20-18-16-14-11-8-5-2/h7,10,15,17,21,23,27-28,60H,4-6,8-9,11-14,16,18-20,22,24-26,29-59H2,1-3H3/b10-7-,17-15-,23-21-,28-27-. The SMILES string of the molecule is CC/C=C\C/C=C\C/C=C\C/C=C\CCCCCCCCCCCCCCCCC(=O)OCC(COC(=O)CCCCCCC)OC(=O)CCCCCCCCCCCCCCCCCCCCC. The molecule has 0 aliphatic rings. The number of hydrogen-bond acceptors (Lipinski definition) is 6. The van der Waals surface area contributed by atoms with Gasteiger partial charge in [-0.05, 0) is 57.8 Å². The zero-order chi connectivity index (χ0) is 50.0. The Morgan fingerprint density at radius 1 is 0.304 bits per heavy atom. The fraction of sp³-hybridized carbons (Fsp3) is 0.825. The number of carbonyl (C=O) groups is 3. The van der Waals surface area contributed by atoms with E-state index < -0.39 is 6.10 Å². The summed E-state index contributed by atoms with van der Waals surface area (Å²) in [6, 6.07) is 0. The largest absolute Gasteiger partial charge is 0.462 e. The van der Waals surface area contributed by atoms with Crippen LogP contribution in [0.4, 0.5) is 0 Å². The van der Waals surface area contributed by atoms with Gasteiger partial charge in [-0.3, -0.25) is 14.4 Å². The molecule has 0 bridgehead atoms. The molecule has 69 heavy (non-hydrogen) atoms. The van der Waals surface area contributed by atoms with Crippen molar-refractivity contribution >= 4 is 17.9 Å². The third kappa shape index (κ3) is 56.2. The van der Waals surface area contributed by atoms with E-state index in [4.69, 9.17) is 14.2 Å². The first-order chi connectivity index (χ1) is 34.0. The molecule has 0 N–H and O–H groups in total. The number of allylic oxidation sites excluding steroid dienone is 8. The van der Waals surface area contributed by atoms with E-state index in [1.807, 2.05) is 0 Å². The fourth-order valence-electron chi connectivity index (χ4n) is 8.85. The van der Waals surface area contributed by atoms with Crippen molar-refractivity contribution in [1.29, 1.82) is 0 Å². The minimum atomic E-state index is -0.766. The highest BCUT2D eigenvalue weighted by molar-refractivity contribution is 5.71. The summed E-state index contributed by atoms with van der Waals surface area (Å²) in [6.07, 6.45) is 71.6. The fourth-order valence-corrected chi connectivity index (χ4v) is 8.85. The highest BCUT2D eigenvalue weighted by Gasteiger charge is 2.19. The second-order valence-corrected chi connectivity index (χ2v) is 20.2. The summed E-state index contributed by atoms with van der Waals surface area (Å²) < 4.78 is 16.8. The van der Waals surface area contributed by atoms with E-state index in [2.05, 4.69) is 69.4 Å². The van der Waals surface area contributed by atoms with E-state index in [-0.39, 0.29) is 31.1 Å². The van der Waals surface area contributed by atoms with Crippen molar-refractivity contribution in [1.82, 2.24) is 0 Å². The van der Waals surface area contributed by atoms with Gasteiger partial charge in [-0.2, -0.15) is 0 Å². The molecule has 6 nitrogen and oxygen atoms in total. The molecule has 0 aromatic rings. The van der Waals surface area contributed by atoms with Crippen LogP contribution in [0.25, 0.3) is 0 Å². The van der Waals surface area contributed by atoms with Gasteiger partial charge in [0, 0.05) is 19.3 Å². The van der Waals surface area contributed by atoms with Crippen molar-refractivity contribution in [3.63, 3.8) is 0 Å². The lowest BCUT2D eigenvalue weighted by molar-refractivity contribution is -0.167. The van der Waals surface area contributed by atoms with Crippen LogP contribution in [0.1, 0.15) is 316 Å². The molecule has 0 heterocycles. The maximum absolute atomic E-state index is 12.8. The first-order valence-electron chi connectivity index (χ1n) is 30.1. The second kappa shape index (κ2) is 57.9. The molecule has 0 aromatic carbocycles. The molecule has 0 rings (SSSR count). The first kappa shape index (κ1) is 66.4. The summed E-state index contributed by atoms with van der Waals surface area (Å²) in [5.41, 5.74) is 0. The minimum absolute atomic E-state index is 0.0692. The summed E-state index contributed by atoms with van der Waals surface area (Å²) in [5.74, 6) is -0.866. The van der Waals surface area contributed by atoms with Crippen molar-refractivity contribution in [3.8, 4) is 0 Å². The molecule has 0 saturated heterocycles. The van der Waals surface area contributed by atoms with Crippen LogP contribution < -0.4 is 0 Å². The monoisotopic (exact) mass is 967 g/mol. The van der Waals surface area contributed by atoms with Gasteiger partial charge in [-0.1, -0.05) is 288 Å². The Morgan fingerprint density at radius 3 is 0.884 bits per heavy atom. The molecular formula is C63H114O6. The smallest absolute Gasteiger partial charge is 0.306 e. The Labute approximate surface area is 428 Å². The molecule has 0 aliphatic heterocycles. The van der Waals surface area contributed by atoms with Gasteiger partial charge in [0.1, 0.15) is 13.2 Å². The molecule has 0 saturated carbocycles. The number of ether oxygens (including phenoxy) is 3. The van der Waals surface area contributed by atoms with Gasteiger partial charge in [0.25, 0.3) is 0 Å². The van der Waals surface area contributed by atoms with Crippen molar-refractivity contribution in [2.75, 3.05) is 13.2 Å². The Morgan fingerprint density at radius 2 is 0.565 bits per heavy atom. The van der Waals surface area contributed by atoms with E-state index in [1.54, 1.807) is 0 Å². The van der Waals surface area contributed by atoms with Crippen molar-refractivity contribution in [2.45, 2.75) is 322 Å². The maximum atomic E-state index is 12.8. The summed E-state index contributed by atoms with van der Waals surface area (Å²) in [6.45, 7) is 6.49. The predicted molar refractivity (Wildman–Crippen MR) is 298 cm³/mol. The number of rotatable bonds is 55. The van der Waals surface area contributed by atoms with Crippen LogP contribution in [0.2, 0.25) is 0 Å². The second-order valence-electron chi connectivity index (χ2n) is 20.2. The Hall–Kier alpha value is -2.63. The van der Waals surface area contributed by atoms with Crippen LogP contribution in [0.15, 0.2) is 48.6 Å². The highest BCUT2D eigenvalue weighted by atomic mass is 16.6. The van der Waals surface area contributed by atoms with Gasteiger partial charge in [-0.15, -0.1) is 0 Å². The molecule has 0 radical (unpaired) electrons. The Balaban J connectivity index is 4.01. The molecule has 0 fully saturated rings. The number of esters is 3. The third-order valence-corrected chi connectivity index (χ3v) is 13.3. The van der Waals surface area contributed by atoms with Crippen LogP contribution >= 0.6 is 0 Å². The average Bonchev–Trinajstić information content (AvgIpc) is 3.35. The van der Waals surface area contributed by atoms with E-state index >= 15 is 0 Å². The van der Waals surface area contributed by atoms with Crippen molar-refractivity contribution in [2.24, 2.45) is 0 Å². The lowest BCUT2D eigenvalue weighted by atomic mass is 10.0. The van der Waals surface area contributed by atoms with Crippen LogP contribution in [0, 0.1) is 0 Å². The van der Waals surface area contributed by atoms with Crippen LogP contribution in [-0.4, -0.2) is 37.2 Å². The molecule has 1 unspecified atom stereocenters. The van der Waals surface area contributed by atoms with E-state index in [0.29, 0.717) is 19.3 Å². The minimum Gasteiger partial charge on any atom is -0.462 e. The molecule has 0 aliphatic carbocycles. The topological polar surface area (TPSA) is 78.9 Å². The average molecular weight is 968 g/mol. The van der Waals surface area contributed by atoms with Crippen LogP contribution in [0.5, 0.6) is 0 Å². The Bertz CT molecular complexity index is 1200. The lowest BCUT2D eigenvalue weighted by Gasteiger charge is -2.18. The molecule has 0 spiro atoms. The number of unbranched alkanes of at least 4 members (excludes halogenated alkanes) is 36. The van der Waals surface area contributed by atoms with Crippen molar-refractivity contribution < 1.29 is 28.6 Å². The van der Waals surface area contributed by atoms with E-state index in [9.17, 15) is 14.4 Å². The van der Waals surface area contributed by atoms with E-state index in [1.165, 1.54) is 186 Å². The lowest BCUT2D eigenvalue weighted by Crippen LogP contribution is -2.30. The number of hydrogen-bond donors (Lipinski definition) is 0. The molecule has 0 amide bonds. The summed E-state index contributed by atoms with van der Waals surface area (Å²) >= 11 is 0. The zero-order valence-electron chi connectivity index (χ0n) is 46.1. The normalized spacial score (nSPS) is 12.3. The highest BCUT2D eigenvalue weighted by Crippen LogP contribution is 2.17. The quantitative estimate of drug-likeness (QED) is 0.0262. The molecule has 402 valence electrons. The molecule has 0 aromatic heterocycles. The molecular weight excluding hydrogens is 853 g/mol. The summed E-state index contributed by atoms with van der Waals surface area (Å²) in [7, 11) is 0. The number of carbonyl (C=O) groups excluding carboxylic acids is 3. The third-order valence-electron chi connectivity index (χ3n) is 13.3. The summed E-state index contributed by atoms with van der Waals surface area (Å²) in [4.78, 5) is 37.8. The summed E-state index contributed by atoms with van der Waals surface area (Å²) in [5, 5.41) is 0.